The molecule has 0 aliphatic heterocycles. The molecule has 0 spiro atoms. The number of ether oxygens (including phenoxy) is 1. The summed E-state index contributed by atoms with van der Waals surface area (Å²) in [6.45, 7) is 5.36. The van der Waals surface area contributed by atoms with E-state index < -0.39 is 0 Å². The van der Waals surface area contributed by atoms with E-state index in [1.807, 2.05) is 0 Å². The Morgan fingerprint density at radius 1 is 1.00 bits per heavy atom. The molecule has 0 saturated heterocycles. The fraction of sp³-hybridized carbons (Fsp3) is 1.00. The van der Waals surface area contributed by atoms with Crippen molar-refractivity contribution < 1.29 is 4.74 Å². The zero-order valence-electron chi connectivity index (χ0n) is 11.0. The normalized spacial score (nSPS) is 17.1. The Labute approximate surface area is 101 Å². The van der Waals surface area contributed by atoms with Gasteiger partial charge in [0.05, 0.1) is 12.7 Å². The Balaban J connectivity index is 1.71. The first-order valence-electron chi connectivity index (χ1n) is 7.26. The van der Waals surface area contributed by atoms with Gasteiger partial charge in [-0.15, -0.1) is 0 Å². The Hall–Kier alpha value is -0.0800. The summed E-state index contributed by atoms with van der Waals surface area (Å²) in [5.74, 6) is 0. The van der Waals surface area contributed by atoms with E-state index in [-0.39, 0.29) is 0 Å². The molecular weight excluding hydrogens is 198 g/mol. The van der Waals surface area contributed by atoms with E-state index in [2.05, 4.69) is 12.2 Å². The van der Waals surface area contributed by atoms with Gasteiger partial charge >= 0.3 is 0 Å². The minimum Gasteiger partial charge on any atom is -0.377 e. The molecule has 0 aromatic carbocycles. The quantitative estimate of drug-likeness (QED) is 0.577. The van der Waals surface area contributed by atoms with Crippen LogP contribution < -0.4 is 5.32 Å². The molecule has 0 aromatic rings. The van der Waals surface area contributed by atoms with Gasteiger partial charge in [-0.3, -0.25) is 0 Å². The summed E-state index contributed by atoms with van der Waals surface area (Å²) >= 11 is 0. The first kappa shape index (κ1) is 14.0. The number of nitrogens with one attached hydrogen (secondary N) is 1. The zero-order valence-corrected chi connectivity index (χ0v) is 11.0. The van der Waals surface area contributed by atoms with E-state index in [1.165, 1.54) is 57.8 Å². The van der Waals surface area contributed by atoms with E-state index in [9.17, 15) is 0 Å². The molecule has 0 atom stereocenters. The highest BCUT2D eigenvalue weighted by Gasteiger charge is 2.14. The van der Waals surface area contributed by atoms with Gasteiger partial charge in [0.25, 0.3) is 0 Å². The first-order valence-corrected chi connectivity index (χ1v) is 7.26. The molecule has 0 amide bonds. The molecule has 2 nitrogen and oxygen atoms in total. The topological polar surface area (TPSA) is 21.3 Å². The van der Waals surface area contributed by atoms with E-state index in [1.54, 1.807) is 0 Å². The molecule has 2 heteroatoms. The van der Waals surface area contributed by atoms with Crippen molar-refractivity contribution >= 4 is 0 Å². The molecule has 16 heavy (non-hydrogen) atoms. The lowest BCUT2D eigenvalue weighted by Gasteiger charge is -2.11. The molecule has 0 radical (unpaired) electrons. The predicted molar refractivity (Wildman–Crippen MR) is 69.8 cm³/mol. The lowest BCUT2D eigenvalue weighted by molar-refractivity contribution is 0.0604. The van der Waals surface area contributed by atoms with Crippen LogP contribution in [0.4, 0.5) is 0 Å². The zero-order chi connectivity index (χ0) is 11.5. The molecule has 1 fully saturated rings. The van der Waals surface area contributed by atoms with Gasteiger partial charge in [0.15, 0.2) is 0 Å². The molecule has 1 rings (SSSR count). The number of rotatable bonds is 10. The van der Waals surface area contributed by atoms with E-state index in [0.717, 1.165) is 19.7 Å². The predicted octanol–water partition coefficient (Wildman–Crippen LogP) is 3.51. The second-order valence-corrected chi connectivity index (χ2v) is 4.94. The summed E-state index contributed by atoms with van der Waals surface area (Å²) in [5.41, 5.74) is 0. The fourth-order valence-electron chi connectivity index (χ4n) is 2.33. The van der Waals surface area contributed by atoms with E-state index >= 15 is 0 Å². The fourth-order valence-corrected chi connectivity index (χ4v) is 2.33. The van der Waals surface area contributed by atoms with Gasteiger partial charge in [-0.25, -0.2) is 0 Å². The highest BCUT2D eigenvalue weighted by molar-refractivity contribution is 4.66. The average Bonchev–Trinajstić information content (AvgIpc) is 2.80. The highest BCUT2D eigenvalue weighted by atomic mass is 16.5. The minimum absolute atomic E-state index is 0.575. The van der Waals surface area contributed by atoms with Crippen molar-refractivity contribution in [2.45, 2.75) is 70.8 Å². The van der Waals surface area contributed by atoms with Crippen LogP contribution in [-0.4, -0.2) is 25.8 Å². The van der Waals surface area contributed by atoms with Crippen LogP contribution in [0.15, 0.2) is 0 Å². The monoisotopic (exact) mass is 227 g/mol. The SMILES string of the molecule is CCCCCCCNCCOC1CCCC1. The van der Waals surface area contributed by atoms with Gasteiger partial charge in [-0.05, 0) is 25.8 Å². The Bertz CT molecular complexity index is 144. The van der Waals surface area contributed by atoms with Gasteiger partial charge < -0.3 is 10.1 Å². The number of hydrogen-bond acceptors (Lipinski definition) is 2. The van der Waals surface area contributed by atoms with Crippen molar-refractivity contribution in [3.05, 3.63) is 0 Å². The standard InChI is InChI=1S/C14H29NO/c1-2-3-4-5-8-11-15-12-13-16-14-9-6-7-10-14/h14-15H,2-13H2,1H3. The smallest absolute Gasteiger partial charge is 0.0594 e. The van der Waals surface area contributed by atoms with Crippen molar-refractivity contribution in [3.8, 4) is 0 Å². The summed E-state index contributed by atoms with van der Waals surface area (Å²) in [6.07, 6.45) is 12.7. The Kier molecular flexibility index (Phi) is 8.83. The molecule has 1 aliphatic carbocycles. The third-order valence-electron chi connectivity index (χ3n) is 3.39. The summed E-state index contributed by atoms with van der Waals surface area (Å²) in [7, 11) is 0. The van der Waals surface area contributed by atoms with Crippen molar-refractivity contribution in [3.63, 3.8) is 0 Å². The molecule has 0 heterocycles. The molecule has 0 aromatic heterocycles. The van der Waals surface area contributed by atoms with Crippen LogP contribution in [0, 0.1) is 0 Å². The second kappa shape index (κ2) is 10.1. The third kappa shape index (κ3) is 7.24. The first-order chi connectivity index (χ1) is 7.93. The molecule has 1 N–H and O–H groups in total. The summed E-state index contributed by atoms with van der Waals surface area (Å²) in [5, 5.41) is 3.46. The maximum absolute atomic E-state index is 5.79. The molecule has 1 aliphatic rings. The van der Waals surface area contributed by atoms with Gasteiger partial charge in [0, 0.05) is 6.54 Å². The Morgan fingerprint density at radius 2 is 1.75 bits per heavy atom. The van der Waals surface area contributed by atoms with Gasteiger partial charge in [0.2, 0.25) is 0 Å². The van der Waals surface area contributed by atoms with Gasteiger partial charge in [-0.1, -0.05) is 45.4 Å². The molecule has 0 unspecified atom stereocenters. The maximum Gasteiger partial charge on any atom is 0.0594 e. The van der Waals surface area contributed by atoms with Crippen LogP contribution in [0.2, 0.25) is 0 Å². The van der Waals surface area contributed by atoms with Crippen LogP contribution in [0.1, 0.15) is 64.7 Å². The third-order valence-corrected chi connectivity index (χ3v) is 3.39. The number of unbranched alkanes of at least 4 members (excludes halogenated alkanes) is 4. The summed E-state index contributed by atoms with van der Waals surface area (Å²) < 4.78 is 5.79. The van der Waals surface area contributed by atoms with Crippen LogP contribution in [0.3, 0.4) is 0 Å². The highest BCUT2D eigenvalue weighted by Crippen LogP contribution is 2.20. The van der Waals surface area contributed by atoms with Crippen LogP contribution in [-0.2, 0) is 4.74 Å². The van der Waals surface area contributed by atoms with Gasteiger partial charge in [-0.2, -0.15) is 0 Å². The van der Waals surface area contributed by atoms with Crippen LogP contribution >= 0.6 is 0 Å². The molecule has 0 bridgehead atoms. The lowest BCUT2D eigenvalue weighted by Crippen LogP contribution is -2.23. The molecule has 96 valence electrons. The minimum atomic E-state index is 0.575. The van der Waals surface area contributed by atoms with Crippen LogP contribution in [0.25, 0.3) is 0 Å². The summed E-state index contributed by atoms with van der Waals surface area (Å²) in [4.78, 5) is 0. The largest absolute Gasteiger partial charge is 0.377 e. The van der Waals surface area contributed by atoms with Crippen molar-refractivity contribution in [1.82, 2.24) is 5.32 Å². The summed E-state index contributed by atoms with van der Waals surface area (Å²) in [6, 6.07) is 0. The van der Waals surface area contributed by atoms with E-state index in [0.29, 0.717) is 6.10 Å². The second-order valence-electron chi connectivity index (χ2n) is 4.94. The van der Waals surface area contributed by atoms with Gasteiger partial charge in [0.1, 0.15) is 0 Å². The van der Waals surface area contributed by atoms with Crippen molar-refractivity contribution in [2.75, 3.05) is 19.7 Å². The Morgan fingerprint density at radius 3 is 2.50 bits per heavy atom. The lowest BCUT2D eigenvalue weighted by atomic mass is 10.1. The van der Waals surface area contributed by atoms with Crippen molar-refractivity contribution in [2.24, 2.45) is 0 Å². The van der Waals surface area contributed by atoms with Crippen LogP contribution in [0.5, 0.6) is 0 Å². The molecular formula is C14H29NO. The maximum atomic E-state index is 5.79. The average molecular weight is 227 g/mol. The number of hydrogen-bond donors (Lipinski definition) is 1. The van der Waals surface area contributed by atoms with E-state index in [4.69, 9.17) is 4.74 Å². The van der Waals surface area contributed by atoms with Crippen molar-refractivity contribution in [1.29, 1.82) is 0 Å². The molecule has 1 saturated carbocycles.